The number of aliphatic hydroxyl groups is 1. The van der Waals surface area contributed by atoms with Gasteiger partial charge in [-0.3, -0.25) is 14.4 Å². The minimum Gasteiger partial charge on any atom is -0.494 e. The molecular weight excluding hydrogens is 593 g/mol. The molecule has 9 nitrogen and oxygen atoms in total. The largest absolute Gasteiger partial charge is 0.494 e. The number of hydrogen-bond acceptors (Lipinski definition) is 8. The van der Waals surface area contributed by atoms with Crippen molar-refractivity contribution in [1.82, 2.24) is 10.4 Å². The summed E-state index contributed by atoms with van der Waals surface area (Å²) in [5.74, 6) is -1.28. The number of piperidine rings is 1. The van der Waals surface area contributed by atoms with Gasteiger partial charge in [0.1, 0.15) is 17.9 Å². The van der Waals surface area contributed by atoms with Gasteiger partial charge in [-0.25, -0.2) is 4.79 Å². The monoisotopic (exact) mass is 636 g/mol. The molecule has 1 saturated heterocycles. The molecule has 3 rings (SSSR count). The van der Waals surface area contributed by atoms with Crippen molar-refractivity contribution in [3.8, 4) is 5.75 Å². The van der Waals surface area contributed by atoms with E-state index < -0.39 is 47.7 Å². The van der Waals surface area contributed by atoms with E-state index in [9.17, 15) is 27.6 Å². The number of halogens is 3. The van der Waals surface area contributed by atoms with Crippen LogP contribution in [0.5, 0.6) is 5.75 Å². The van der Waals surface area contributed by atoms with Crippen LogP contribution in [-0.4, -0.2) is 65.9 Å². The molecule has 1 heterocycles. The molecule has 0 radical (unpaired) electrons. The maximum atomic E-state index is 13.7. The van der Waals surface area contributed by atoms with Gasteiger partial charge in [-0.1, -0.05) is 63.2 Å². The molecule has 0 saturated carbocycles. The smallest absolute Gasteiger partial charge is 0.441 e. The van der Waals surface area contributed by atoms with Crippen molar-refractivity contribution >= 4 is 17.7 Å². The second-order valence-electron chi connectivity index (χ2n) is 11.7. The van der Waals surface area contributed by atoms with Crippen LogP contribution < -0.4 is 10.2 Å². The van der Waals surface area contributed by atoms with Gasteiger partial charge >= 0.3 is 12.1 Å². The van der Waals surface area contributed by atoms with Crippen LogP contribution >= 0.6 is 0 Å². The first-order valence-electron chi connectivity index (χ1n) is 15.3. The summed E-state index contributed by atoms with van der Waals surface area (Å²) in [6, 6.07) is 15.8. The molecule has 1 aliphatic heterocycles. The van der Waals surface area contributed by atoms with Crippen LogP contribution in [0.3, 0.4) is 0 Å². The molecule has 45 heavy (non-hydrogen) atoms. The fraction of sp³-hybridized carbons (Fsp3) is 0.545. The molecule has 0 aliphatic carbocycles. The lowest BCUT2D eigenvalue weighted by Crippen LogP contribution is -2.53. The van der Waals surface area contributed by atoms with E-state index >= 15 is 0 Å². The second kappa shape index (κ2) is 16.7. The number of rotatable bonds is 16. The second-order valence-corrected chi connectivity index (χ2v) is 11.7. The van der Waals surface area contributed by atoms with Crippen LogP contribution in [-0.2, 0) is 30.4 Å². The van der Waals surface area contributed by atoms with Gasteiger partial charge in [0, 0.05) is 18.5 Å². The number of hydroxylamine groups is 1. The average molecular weight is 637 g/mol. The van der Waals surface area contributed by atoms with Crippen molar-refractivity contribution in [3.05, 3.63) is 65.7 Å². The lowest BCUT2D eigenvalue weighted by Gasteiger charge is -2.36. The van der Waals surface area contributed by atoms with E-state index in [0.29, 0.717) is 50.0 Å². The fourth-order valence-corrected chi connectivity index (χ4v) is 4.80. The number of hydrogen-bond donors (Lipinski definition) is 2. The number of ether oxygens (including phenoxy) is 2. The third kappa shape index (κ3) is 10.8. The number of alkyl halides is 3. The zero-order valence-electron chi connectivity index (χ0n) is 26.0. The molecule has 2 unspecified atom stereocenters. The summed E-state index contributed by atoms with van der Waals surface area (Å²) in [6.07, 6.45) is -4.85. The number of amides is 1. The zero-order valence-corrected chi connectivity index (χ0v) is 26.0. The lowest BCUT2D eigenvalue weighted by molar-refractivity contribution is -0.310. The number of aliphatic hydroxyl groups excluding tert-OH is 1. The maximum absolute atomic E-state index is 13.7. The number of esters is 1. The molecule has 12 heteroatoms. The van der Waals surface area contributed by atoms with Gasteiger partial charge in [0.15, 0.2) is 0 Å². The molecule has 2 N–H and O–H groups in total. The highest BCUT2D eigenvalue weighted by molar-refractivity contribution is 6.38. The molecule has 1 aliphatic rings. The Morgan fingerprint density at radius 2 is 1.80 bits per heavy atom. The van der Waals surface area contributed by atoms with E-state index in [1.807, 2.05) is 37.3 Å². The summed E-state index contributed by atoms with van der Waals surface area (Å²) < 4.78 is 48.8. The van der Waals surface area contributed by atoms with E-state index in [4.69, 9.17) is 14.6 Å². The molecular formula is C33H43F3N2O7. The van der Waals surface area contributed by atoms with Gasteiger partial charge in [0.2, 0.25) is 5.78 Å². The van der Waals surface area contributed by atoms with E-state index in [2.05, 4.69) is 10.3 Å². The van der Waals surface area contributed by atoms with Crippen LogP contribution in [0.4, 0.5) is 13.2 Å². The van der Waals surface area contributed by atoms with E-state index in [-0.39, 0.29) is 19.6 Å². The Bertz CT molecular complexity index is 1260. The molecule has 248 valence electrons. The first kappa shape index (κ1) is 36.0. The third-order valence-corrected chi connectivity index (χ3v) is 7.92. The molecule has 3 atom stereocenters. The van der Waals surface area contributed by atoms with Gasteiger partial charge in [0.05, 0.1) is 6.61 Å². The number of Topliss-reactive ketones (excluding diaryl/α,β-unsaturated/α-hetero) is 1. The summed E-state index contributed by atoms with van der Waals surface area (Å²) in [7, 11) is 0. The van der Waals surface area contributed by atoms with Crippen molar-refractivity contribution in [2.45, 2.75) is 90.3 Å². The SMILES string of the molecule is CCC(C)(C)C(=O)C(=O)N1CCCCC1C(=O)O[C@H](CCc1ccccc1)c1cccc(OCCCNOC(O)C(F)(F)F)c1. The molecule has 1 amide bonds. The van der Waals surface area contributed by atoms with Crippen LogP contribution in [0.1, 0.15) is 76.5 Å². The van der Waals surface area contributed by atoms with E-state index in [0.717, 1.165) is 12.0 Å². The van der Waals surface area contributed by atoms with Crippen LogP contribution in [0.15, 0.2) is 54.6 Å². The van der Waals surface area contributed by atoms with E-state index in [1.54, 1.807) is 38.1 Å². The summed E-state index contributed by atoms with van der Waals surface area (Å²) in [5, 5.41) is 8.86. The van der Waals surface area contributed by atoms with Gasteiger partial charge < -0.3 is 19.5 Å². The maximum Gasteiger partial charge on any atom is 0.441 e. The quantitative estimate of drug-likeness (QED) is 0.0821. The fourth-order valence-electron chi connectivity index (χ4n) is 4.80. The predicted molar refractivity (Wildman–Crippen MR) is 160 cm³/mol. The Balaban J connectivity index is 1.70. The average Bonchev–Trinajstić information content (AvgIpc) is 3.03. The van der Waals surface area contributed by atoms with Crippen molar-refractivity contribution in [1.29, 1.82) is 0 Å². The predicted octanol–water partition coefficient (Wildman–Crippen LogP) is 5.46. The van der Waals surface area contributed by atoms with Crippen LogP contribution in [0, 0.1) is 5.41 Å². The lowest BCUT2D eigenvalue weighted by atomic mass is 9.84. The molecule has 2 aromatic carbocycles. The number of carbonyl (C=O) groups excluding carboxylic acids is 3. The number of likely N-dealkylation sites (tertiary alicyclic amines) is 1. The Morgan fingerprint density at radius 1 is 1.07 bits per heavy atom. The van der Waals surface area contributed by atoms with Gasteiger partial charge in [0.25, 0.3) is 12.2 Å². The Morgan fingerprint density at radius 3 is 2.49 bits per heavy atom. The first-order valence-corrected chi connectivity index (χ1v) is 15.3. The van der Waals surface area contributed by atoms with Gasteiger partial charge in [-0.2, -0.15) is 18.7 Å². The van der Waals surface area contributed by atoms with Crippen molar-refractivity contribution in [2.24, 2.45) is 5.41 Å². The number of nitrogens with zero attached hydrogens (tertiary/aromatic N) is 1. The van der Waals surface area contributed by atoms with Crippen LogP contribution in [0.25, 0.3) is 0 Å². The van der Waals surface area contributed by atoms with E-state index in [1.165, 1.54) is 4.90 Å². The zero-order chi connectivity index (χ0) is 33.0. The number of carbonyl (C=O) groups is 3. The van der Waals surface area contributed by atoms with Gasteiger partial charge in [-0.15, -0.1) is 0 Å². The molecule has 1 fully saturated rings. The minimum atomic E-state index is -4.89. The van der Waals surface area contributed by atoms with Crippen molar-refractivity contribution in [3.63, 3.8) is 0 Å². The molecule has 0 bridgehead atoms. The van der Waals surface area contributed by atoms with Crippen LogP contribution in [0.2, 0.25) is 0 Å². The third-order valence-electron chi connectivity index (χ3n) is 7.92. The topological polar surface area (TPSA) is 114 Å². The highest BCUT2D eigenvalue weighted by Gasteiger charge is 2.41. The molecule has 0 aromatic heterocycles. The number of benzene rings is 2. The highest BCUT2D eigenvalue weighted by atomic mass is 19.4. The summed E-state index contributed by atoms with van der Waals surface area (Å²) in [4.78, 5) is 45.4. The summed E-state index contributed by atoms with van der Waals surface area (Å²) in [6.45, 7) is 5.73. The standard InChI is InChI=1S/C33H43F3N2O7/c1-4-32(2,3)28(39)29(40)38-20-9-8-16-26(38)30(41)44-27(18-17-23-12-6-5-7-13-23)24-14-10-15-25(22-24)43-21-11-19-37-45-31(42)33(34,35)36/h5-7,10,12-15,22,26-27,31,37,42H,4,8-9,11,16-21H2,1-3H3/t26?,27-,31?/m1/s1. The molecule has 0 spiro atoms. The summed E-state index contributed by atoms with van der Waals surface area (Å²) in [5.41, 5.74) is 2.95. The Labute approximate surface area is 262 Å². The summed E-state index contributed by atoms with van der Waals surface area (Å²) >= 11 is 0. The normalized spacial score (nSPS) is 17.0. The van der Waals surface area contributed by atoms with Gasteiger partial charge in [-0.05, 0) is 68.2 Å². The molecule has 2 aromatic rings. The van der Waals surface area contributed by atoms with Crippen molar-refractivity contribution in [2.75, 3.05) is 19.7 Å². The van der Waals surface area contributed by atoms with Crippen molar-refractivity contribution < 1.29 is 47.0 Å². The Kier molecular flexibility index (Phi) is 13.4. The number of ketones is 1. The minimum absolute atomic E-state index is 0.00130. The number of nitrogens with one attached hydrogen (secondary N) is 1. The highest BCUT2D eigenvalue weighted by Crippen LogP contribution is 2.30. The Hall–Kier alpha value is -3.48. The first-order chi connectivity index (χ1) is 21.3. The number of aryl methyl sites for hydroxylation is 1.